The van der Waals surface area contributed by atoms with E-state index in [1.165, 1.54) is 24.3 Å². The maximum atomic E-state index is 14.2. The Hall–Kier alpha value is -6.36. The fraction of sp³-hybridized carbons (Fsp3) is 0.390. The zero-order chi connectivity index (χ0) is 49.2. The molecule has 6 N–H and O–H groups in total. The van der Waals surface area contributed by atoms with E-state index in [-0.39, 0.29) is 36.6 Å². The summed E-state index contributed by atoms with van der Waals surface area (Å²) < 4.78 is 11.5. The Morgan fingerprint density at radius 2 is 0.899 bits per heavy atom. The van der Waals surface area contributed by atoms with Crippen LogP contribution in [0, 0.1) is 29.1 Å². The van der Waals surface area contributed by atoms with Crippen LogP contribution in [0.3, 0.4) is 0 Å². The van der Waals surface area contributed by atoms with Crippen molar-refractivity contribution in [3.05, 3.63) is 157 Å². The summed E-state index contributed by atoms with van der Waals surface area (Å²) in [5, 5.41) is 24.5. The molecule has 0 aliphatic heterocycles. The summed E-state index contributed by atoms with van der Waals surface area (Å²) in [5.74, 6) is -0.144. The molecule has 2 aliphatic rings. The van der Waals surface area contributed by atoms with Gasteiger partial charge in [-0.3, -0.25) is 19.2 Å². The van der Waals surface area contributed by atoms with Gasteiger partial charge >= 0.3 is 11.9 Å². The van der Waals surface area contributed by atoms with Crippen molar-refractivity contribution in [3.8, 4) is 11.5 Å². The van der Waals surface area contributed by atoms with Crippen molar-refractivity contribution in [3.63, 3.8) is 0 Å². The van der Waals surface area contributed by atoms with Crippen LogP contribution in [0.15, 0.2) is 135 Å². The predicted octanol–water partition coefficient (Wildman–Crippen LogP) is 11.0. The number of benzene rings is 4. The van der Waals surface area contributed by atoms with Crippen LogP contribution in [0.4, 0.5) is 11.4 Å². The van der Waals surface area contributed by atoms with Crippen LogP contribution in [-0.4, -0.2) is 45.9 Å². The Bertz CT molecular complexity index is 2200. The van der Waals surface area contributed by atoms with E-state index in [1.807, 2.05) is 12.2 Å². The molecule has 2 aliphatic carbocycles. The van der Waals surface area contributed by atoms with Gasteiger partial charge in [-0.25, -0.2) is 0 Å². The molecule has 0 bridgehead atoms. The molecular formula is C59H70N2O8. The molecule has 0 heterocycles. The topological polar surface area (TPSA) is 179 Å². The predicted molar refractivity (Wildman–Crippen MR) is 275 cm³/mol. The van der Waals surface area contributed by atoms with Crippen LogP contribution in [0.2, 0.25) is 0 Å². The molecule has 0 amide bonds. The highest BCUT2D eigenvalue weighted by Gasteiger charge is 2.49. The Balaban J connectivity index is 1.15. The molecule has 0 aromatic heterocycles. The molecule has 2 fully saturated rings. The molecule has 0 spiro atoms. The first-order valence-corrected chi connectivity index (χ1v) is 24.7. The molecule has 2 atom stereocenters. The summed E-state index contributed by atoms with van der Waals surface area (Å²) in [7, 11) is 0. The molecule has 4 aromatic carbocycles. The average molecular weight is 935 g/mol. The number of esters is 2. The summed E-state index contributed by atoms with van der Waals surface area (Å²) in [6, 6.07) is 27.2. The minimum absolute atomic E-state index is 0.0762. The van der Waals surface area contributed by atoms with Crippen LogP contribution in [0.25, 0.3) is 12.2 Å². The number of rotatable bonds is 24. The lowest BCUT2D eigenvalue weighted by Crippen LogP contribution is -2.54. The molecule has 0 saturated heterocycles. The number of anilines is 2. The van der Waals surface area contributed by atoms with E-state index in [1.54, 1.807) is 97.1 Å². The highest BCUT2D eigenvalue weighted by molar-refractivity contribution is 6.01. The molecule has 69 heavy (non-hydrogen) atoms. The van der Waals surface area contributed by atoms with E-state index in [4.69, 9.17) is 20.9 Å². The van der Waals surface area contributed by atoms with Gasteiger partial charge < -0.3 is 31.2 Å². The van der Waals surface area contributed by atoms with Crippen LogP contribution in [-0.2, 0) is 32.0 Å². The van der Waals surface area contributed by atoms with Crippen molar-refractivity contribution >= 4 is 47.0 Å². The number of ether oxygens (including phenoxy) is 2. The van der Waals surface area contributed by atoms with Gasteiger partial charge in [0.05, 0.1) is 11.8 Å². The maximum Gasteiger partial charge on any atom is 0.314 e. The quantitative estimate of drug-likeness (QED) is 0.0132. The maximum absolute atomic E-state index is 14.2. The minimum Gasteiger partial charge on any atom is -0.426 e. The number of carbonyl (C=O) groups is 4. The number of nitrogen functional groups attached to an aromatic ring is 2. The van der Waals surface area contributed by atoms with Gasteiger partial charge in [0.2, 0.25) is 0 Å². The SMILES string of the molecule is C=CCCCC1CCC(C(=O)Oc2ccc(/C=C/C(=O)C(O)C(Cc3ccc(N)cc3)(Cc3ccc(N)cc3)C(O)C(=O)/C=C/c3ccc(OC(=O)C4CCC(CCCC=C)CC4)cc3)cc2)CC1. The van der Waals surface area contributed by atoms with E-state index in [0.29, 0.717) is 57.0 Å². The third kappa shape index (κ3) is 15.3. The van der Waals surface area contributed by atoms with Crippen molar-refractivity contribution in [2.45, 2.75) is 115 Å². The monoisotopic (exact) mass is 935 g/mol. The standard InChI is InChI=1S/C59H70N2O8/c1-3-5-7-9-41-11-25-47(26-12-41)57(66)68-51-33-19-43(20-34-51)23-37-53(62)55(64)59(39-45-15-29-49(60)30-16-45,40-46-17-31-50(61)32-18-46)56(65)54(63)38-24-44-21-35-52(36-22-44)69-58(67)48-27-13-42(14-28-48)10-8-6-4-2/h3-4,15-24,29-38,41-42,47-48,55-56,64-65H,1-2,5-14,25-28,39-40,60-61H2/b37-23+,38-24+. The third-order valence-electron chi connectivity index (χ3n) is 14.1. The second-order valence-corrected chi connectivity index (χ2v) is 19.2. The number of aliphatic hydroxyl groups is 2. The molecule has 6 rings (SSSR count). The summed E-state index contributed by atoms with van der Waals surface area (Å²) in [6.07, 6.45) is 19.4. The summed E-state index contributed by atoms with van der Waals surface area (Å²) in [6.45, 7) is 7.61. The number of carbonyl (C=O) groups excluding carboxylic acids is 4. The van der Waals surface area contributed by atoms with Crippen LogP contribution in [0.5, 0.6) is 11.5 Å². The lowest BCUT2D eigenvalue weighted by molar-refractivity contribution is -0.146. The summed E-state index contributed by atoms with van der Waals surface area (Å²) in [4.78, 5) is 54.4. The minimum atomic E-state index is -1.87. The highest BCUT2D eigenvalue weighted by atomic mass is 16.5. The number of unbranched alkanes of at least 4 members (excludes halogenated alkanes) is 2. The number of ketones is 2. The molecule has 364 valence electrons. The first-order valence-electron chi connectivity index (χ1n) is 24.7. The van der Waals surface area contributed by atoms with Gasteiger partial charge in [0.25, 0.3) is 0 Å². The molecule has 2 saturated carbocycles. The van der Waals surface area contributed by atoms with Crippen molar-refractivity contribution in [1.29, 1.82) is 0 Å². The van der Waals surface area contributed by atoms with E-state index in [9.17, 15) is 29.4 Å². The van der Waals surface area contributed by atoms with E-state index < -0.39 is 29.2 Å². The smallest absolute Gasteiger partial charge is 0.314 e. The Morgan fingerprint density at radius 1 is 0.551 bits per heavy atom. The second-order valence-electron chi connectivity index (χ2n) is 19.2. The van der Waals surface area contributed by atoms with Gasteiger partial charge in [-0.15, -0.1) is 13.2 Å². The van der Waals surface area contributed by atoms with E-state index in [0.717, 1.165) is 89.9 Å². The molecule has 4 aromatic rings. The Morgan fingerprint density at radius 3 is 1.23 bits per heavy atom. The van der Waals surface area contributed by atoms with Gasteiger partial charge in [0.15, 0.2) is 11.6 Å². The average Bonchev–Trinajstić information content (AvgIpc) is 3.37. The van der Waals surface area contributed by atoms with Gasteiger partial charge in [0, 0.05) is 16.8 Å². The summed E-state index contributed by atoms with van der Waals surface area (Å²) in [5.41, 5.74) is 13.7. The molecule has 10 nitrogen and oxygen atoms in total. The number of hydrogen-bond acceptors (Lipinski definition) is 10. The van der Waals surface area contributed by atoms with Crippen molar-refractivity contribution in [1.82, 2.24) is 0 Å². The molecule has 2 unspecified atom stereocenters. The highest BCUT2D eigenvalue weighted by Crippen LogP contribution is 2.39. The first kappa shape index (κ1) is 52.0. The molecule has 10 heteroatoms. The van der Waals surface area contributed by atoms with E-state index >= 15 is 0 Å². The number of hydrogen-bond donors (Lipinski definition) is 4. The first-order chi connectivity index (χ1) is 33.3. The zero-order valence-electron chi connectivity index (χ0n) is 39.9. The largest absolute Gasteiger partial charge is 0.426 e. The second kappa shape index (κ2) is 25.8. The number of allylic oxidation sites excluding steroid dienone is 2. The lowest BCUT2D eigenvalue weighted by atomic mass is 9.66. The van der Waals surface area contributed by atoms with Crippen molar-refractivity contribution in [2.75, 3.05) is 11.5 Å². The summed E-state index contributed by atoms with van der Waals surface area (Å²) >= 11 is 0. The number of aliphatic hydroxyl groups excluding tert-OH is 2. The number of nitrogens with two attached hydrogens (primary N) is 2. The van der Waals surface area contributed by atoms with Gasteiger partial charge in [0.1, 0.15) is 23.7 Å². The molecule has 0 radical (unpaired) electrons. The van der Waals surface area contributed by atoms with Gasteiger partial charge in [-0.2, -0.15) is 0 Å². The fourth-order valence-corrected chi connectivity index (χ4v) is 9.90. The van der Waals surface area contributed by atoms with Crippen LogP contribution < -0.4 is 20.9 Å². The fourth-order valence-electron chi connectivity index (χ4n) is 9.90. The van der Waals surface area contributed by atoms with Crippen molar-refractivity contribution in [2.24, 2.45) is 29.1 Å². The third-order valence-corrected chi connectivity index (χ3v) is 14.1. The Labute approximate surface area is 408 Å². The zero-order valence-corrected chi connectivity index (χ0v) is 39.9. The molecular weight excluding hydrogens is 865 g/mol. The van der Waals surface area contributed by atoms with E-state index in [2.05, 4.69) is 13.2 Å². The normalized spacial score (nSPS) is 19.4. The van der Waals surface area contributed by atoms with Crippen LogP contribution in [0.1, 0.15) is 112 Å². The van der Waals surface area contributed by atoms with Gasteiger partial charge in [-0.1, -0.05) is 85.7 Å². The van der Waals surface area contributed by atoms with Crippen LogP contribution >= 0.6 is 0 Å². The Kier molecular flexibility index (Phi) is 19.5. The lowest BCUT2D eigenvalue weighted by Gasteiger charge is -2.40. The van der Waals surface area contributed by atoms with Gasteiger partial charge in [-0.05, 0) is 185 Å². The van der Waals surface area contributed by atoms with Crippen molar-refractivity contribution < 1.29 is 38.9 Å².